The second kappa shape index (κ2) is 9.68. The van der Waals surface area contributed by atoms with E-state index < -0.39 is 37.1 Å². The lowest BCUT2D eigenvalue weighted by Crippen LogP contribution is -2.55. The predicted octanol–water partition coefficient (Wildman–Crippen LogP) is 2.04. The minimum Gasteiger partial charge on any atom is -0.399 e. The summed E-state index contributed by atoms with van der Waals surface area (Å²) in [6, 6.07) is 14.2. The summed E-state index contributed by atoms with van der Waals surface area (Å²) in [6.45, 7) is 1.46. The smallest absolute Gasteiger partial charge is 0.113 e. The van der Waals surface area contributed by atoms with Crippen molar-refractivity contribution in [2.24, 2.45) is 5.16 Å². The second-order valence-electron chi connectivity index (χ2n) is 8.71. The molecule has 2 aromatic rings. The van der Waals surface area contributed by atoms with Gasteiger partial charge in [-0.3, -0.25) is 0 Å². The third-order valence-electron chi connectivity index (χ3n) is 6.40. The summed E-state index contributed by atoms with van der Waals surface area (Å²) in [5.41, 5.74) is 6.11. The van der Waals surface area contributed by atoms with Crippen molar-refractivity contribution < 1.29 is 30.0 Å². The standard InChI is InChI=1S/C25H31NO6/c1-14(26-31-2)16-5-3-15(4-6-16)11-19-12-18(9-10-20(19)17-7-8-17)25-24(30)23(29)22(28)21(13-27)32-25/h3-6,9-10,12,17,21-25,27-30H,7-8,11,13H2,1-2H3/t21-,22-,23+,24-,25+/m1/s1. The van der Waals surface area contributed by atoms with Gasteiger partial charge in [-0.15, -0.1) is 0 Å². The Balaban J connectivity index is 1.61. The highest BCUT2D eigenvalue weighted by molar-refractivity contribution is 5.98. The molecular formula is C25H31NO6. The Bertz CT molecular complexity index is 953. The summed E-state index contributed by atoms with van der Waals surface area (Å²) in [5, 5.41) is 44.3. The van der Waals surface area contributed by atoms with Crippen molar-refractivity contribution >= 4 is 5.71 Å². The number of oxime groups is 1. The van der Waals surface area contributed by atoms with Crippen LogP contribution in [-0.4, -0.2) is 64.3 Å². The maximum absolute atomic E-state index is 10.5. The minimum absolute atomic E-state index is 0.438. The van der Waals surface area contributed by atoms with Crippen LogP contribution in [0.2, 0.25) is 0 Å². The Morgan fingerprint density at radius 3 is 2.38 bits per heavy atom. The lowest BCUT2D eigenvalue weighted by Gasteiger charge is -2.40. The number of aliphatic hydroxyl groups excluding tert-OH is 4. The van der Waals surface area contributed by atoms with Gasteiger partial charge in [0.2, 0.25) is 0 Å². The van der Waals surface area contributed by atoms with Crippen LogP contribution >= 0.6 is 0 Å². The molecule has 1 aliphatic carbocycles. The molecule has 1 heterocycles. The fourth-order valence-electron chi connectivity index (χ4n) is 4.40. The van der Waals surface area contributed by atoms with Gasteiger partial charge >= 0.3 is 0 Å². The Hall–Kier alpha value is -2.29. The van der Waals surface area contributed by atoms with E-state index in [-0.39, 0.29) is 0 Å². The van der Waals surface area contributed by atoms with E-state index in [2.05, 4.69) is 23.4 Å². The van der Waals surface area contributed by atoms with E-state index in [0.717, 1.165) is 47.2 Å². The van der Waals surface area contributed by atoms with Gasteiger partial charge in [0.05, 0.1) is 12.3 Å². The van der Waals surface area contributed by atoms with Crippen molar-refractivity contribution in [1.82, 2.24) is 0 Å². The van der Waals surface area contributed by atoms with E-state index in [0.29, 0.717) is 5.92 Å². The molecule has 1 saturated carbocycles. The summed E-state index contributed by atoms with van der Waals surface area (Å²) < 4.78 is 5.77. The molecule has 2 aliphatic rings. The van der Waals surface area contributed by atoms with Crippen LogP contribution in [-0.2, 0) is 16.0 Å². The number of hydrogen-bond acceptors (Lipinski definition) is 7. The summed E-state index contributed by atoms with van der Waals surface area (Å²) in [7, 11) is 1.53. The molecule has 0 amide bonds. The molecule has 0 spiro atoms. The van der Waals surface area contributed by atoms with E-state index >= 15 is 0 Å². The summed E-state index contributed by atoms with van der Waals surface area (Å²) in [4.78, 5) is 4.85. The molecule has 32 heavy (non-hydrogen) atoms. The van der Waals surface area contributed by atoms with Crippen LogP contribution in [0.25, 0.3) is 0 Å². The molecule has 0 radical (unpaired) electrons. The zero-order chi connectivity index (χ0) is 22.8. The van der Waals surface area contributed by atoms with E-state index in [1.807, 2.05) is 31.2 Å². The van der Waals surface area contributed by atoms with Crippen LogP contribution in [0, 0.1) is 0 Å². The third-order valence-corrected chi connectivity index (χ3v) is 6.40. The molecule has 7 heteroatoms. The first-order valence-electron chi connectivity index (χ1n) is 11.0. The largest absolute Gasteiger partial charge is 0.399 e. The molecular weight excluding hydrogens is 410 g/mol. The van der Waals surface area contributed by atoms with Gasteiger partial charge in [0.1, 0.15) is 37.6 Å². The molecule has 1 aliphatic heterocycles. The molecule has 2 aromatic carbocycles. The van der Waals surface area contributed by atoms with Crippen LogP contribution < -0.4 is 0 Å². The van der Waals surface area contributed by atoms with Crippen molar-refractivity contribution in [2.75, 3.05) is 13.7 Å². The van der Waals surface area contributed by atoms with Gasteiger partial charge in [0.15, 0.2) is 0 Å². The molecule has 4 N–H and O–H groups in total. The quantitative estimate of drug-likeness (QED) is 0.387. The molecule has 2 fully saturated rings. The van der Waals surface area contributed by atoms with Gasteiger partial charge in [-0.05, 0) is 59.9 Å². The van der Waals surface area contributed by atoms with Crippen molar-refractivity contribution in [3.8, 4) is 0 Å². The molecule has 4 rings (SSSR count). The van der Waals surface area contributed by atoms with Crippen molar-refractivity contribution in [3.05, 3.63) is 70.3 Å². The number of aliphatic hydroxyl groups is 4. The number of benzene rings is 2. The fraction of sp³-hybridized carbons (Fsp3) is 0.480. The topological polar surface area (TPSA) is 112 Å². The van der Waals surface area contributed by atoms with Gasteiger partial charge in [-0.2, -0.15) is 0 Å². The van der Waals surface area contributed by atoms with Crippen molar-refractivity contribution in [2.45, 2.75) is 62.6 Å². The maximum Gasteiger partial charge on any atom is 0.113 e. The fourth-order valence-corrected chi connectivity index (χ4v) is 4.40. The van der Waals surface area contributed by atoms with E-state index in [1.165, 1.54) is 12.7 Å². The Morgan fingerprint density at radius 1 is 1.03 bits per heavy atom. The molecule has 0 bridgehead atoms. The summed E-state index contributed by atoms with van der Waals surface area (Å²) in [5.74, 6) is 0.546. The predicted molar refractivity (Wildman–Crippen MR) is 120 cm³/mol. The zero-order valence-corrected chi connectivity index (χ0v) is 18.4. The van der Waals surface area contributed by atoms with E-state index in [4.69, 9.17) is 9.57 Å². The van der Waals surface area contributed by atoms with Gasteiger partial charge in [-0.25, -0.2) is 0 Å². The van der Waals surface area contributed by atoms with E-state index in [9.17, 15) is 20.4 Å². The van der Waals surface area contributed by atoms with Crippen LogP contribution in [0.15, 0.2) is 47.6 Å². The van der Waals surface area contributed by atoms with Crippen LogP contribution in [0.3, 0.4) is 0 Å². The number of hydrogen-bond donors (Lipinski definition) is 4. The normalized spacial score (nSPS) is 28.6. The summed E-state index contributed by atoms with van der Waals surface area (Å²) >= 11 is 0. The third kappa shape index (κ3) is 4.72. The van der Waals surface area contributed by atoms with Gasteiger partial charge in [-0.1, -0.05) is 47.6 Å². The molecule has 0 aromatic heterocycles. The van der Waals surface area contributed by atoms with Crippen LogP contribution in [0.5, 0.6) is 0 Å². The maximum atomic E-state index is 10.5. The first-order valence-corrected chi connectivity index (χ1v) is 11.0. The molecule has 5 atom stereocenters. The monoisotopic (exact) mass is 441 g/mol. The lowest BCUT2D eigenvalue weighted by molar-refractivity contribution is -0.231. The van der Waals surface area contributed by atoms with Gasteiger partial charge < -0.3 is 30.0 Å². The second-order valence-corrected chi connectivity index (χ2v) is 8.71. The number of nitrogens with zero attached hydrogens (tertiary/aromatic N) is 1. The Kier molecular flexibility index (Phi) is 6.93. The Labute approximate surface area is 187 Å². The van der Waals surface area contributed by atoms with Gasteiger partial charge in [0.25, 0.3) is 0 Å². The first-order chi connectivity index (χ1) is 15.4. The average molecular weight is 442 g/mol. The van der Waals surface area contributed by atoms with E-state index in [1.54, 1.807) is 0 Å². The molecule has 172 valence electrons. The highest BCUT2D eigenvalue weighted by Gasteiger charge is 2.44. The number of ether oxygens (including phenoxy) is 1. The van der Waals surface area contributed by atoms with Crippen LogP contribution in [0.4, 0.5) is 0 Å². The highest BCUT2D eigenvalue weighted by Crippen LogP contribution is 2.43. The minimum atomic E-state index is -1.39. The SMILES string of the molecule is CON=C(C)c1ccc(Cc2cc([C@@H]3O[C@H](CO)[C@@H](O)[C@H](O)[C@H]3O)ccc2C2CC2)cc1. The molecule has 1 saturated heterocycles. The molecule has 7 nitrogen and oxygen atoms in total. The average Bonchev–Trinajstić information content (AvgIpc) is 3.64. The van der Waals surface area contributed by atoms with Crippen LogP contribution in [0.1, 0.15) is 59.6 Å². The molecule has 0 unspecified atom stereocenters. The van der Waals surface area contributed by atoms with Gasteiger partial charge in [0, 0.05) is 0 Å². The van der Waals surface area contributed by atoms with Crippen molar-refractivity contribution in [1.29, 1.82) is 0 Å². The summed E-state index contributed by atoms with van der Waals surface area (Å²) in [6.07, 6.45) is -2.73. The lowest BCUT2D eigenvalue weighted by atomic mass is 9.88. The number of rotatable bonds is 7. The first kappa shape index (κ1) is 22.9. The Morgan fingerprint density at radius 2 is 1.75 bits per heavy atom. The zero-order valence-electron chi connectivity index (χ0n) is 18.4. The highest BCUT2D eigenvalue weighted by atomic mass is 16.6. The van der Waals surface area contributed by atoms with Crippen molar-refractivity contribution in [3.63, 3.8) is 0 Å².